The van der Waals surface area contributed by atoms with Crippen LogP contribution >= 0.6 is 0 Å². The molecule has 0 amide bonds. The van der Waals surface area contributed by atoms with Crippen LogP contribution in [0.2, 0.25) is 0 Å². The van der Waals surface area contributed by atoms with Gasteiger partial charge in [0.05, 0.1) is 13.3 Å². The number of halogens is 1. The smallest absolute Gasteiger partial charge is 0.320 e. The monoisotopic (exact) mass is 248 g/mol. The average Bonchev–Trinajstić information content (AvgIpc) is 2.26. The Morgan fingerprint density at radius 2 is 2.25 bits per heavy atom. The molecule has 1 rings (SSSR count). The van der Waals surface area contributed by atoms with E-state index in [-0.39, 0.29) is 4.90 Å². The minimum atomic E-state index is -3.94. The fourth-order valence-electron chi connectivity index (χ4n) is 0.849. The molecule has 1 aromatic heterocycles. The Morgan fingerprint density at radius 3 is 2.81 bits per heavy atom. The molecule has 1 heterocycles. The summed E-state index contributed by atoms with van der Waals surface area (Å²) in [4.78, 5) is 13.8. The number of carbonyl (C=O) groups is 1. The lowest BCUT2D eigenvalue weighted by Crippen LogP contribution is -2.30. The second kappa shape index (κ2) is 4.99. The predicted octanol–water partition coefficient (Wildman–Crippen LogP) is -0.328. The van der Waals surface area contributed by atoms with Gasteiger partial charge in [-0.05, 0) is 6.07 Å². The molecule has 0 fully saturated rings. The SMILES string of the molecule is COC(=O)CNS(=O)(=O)c1cncc(F)c1. The molecule has 1 N–H and O–H groups in total. The summed E-state index contributed by atoms with van der Waals surface area (Å²) in [6.45, 7) is -0.519. The van der Waals surface area contributed by atoms with Gasteiger partial charge in [0, 0.05) is 6.20 Å². The summed E-state index contributed by atoms with van der Waals surface area (Å²) in [5.41, 5.74) is 0. The summed E-state index contributed by atoms with van der Waals surface area (Å²) >= 11 is 0. The molecular formula is C8H9FN2O4S. The Hall–Kier alpha value is -1.54. The van der Waals surface area contributed by atoms with Crippen LogP contribution in [-0.4, -0.2) is 33.0 Å². The van der Waals surface area contributed by atoms with Crippen LogP contribution in [0.25, 0.3) is 0 Å². The number of methoxy groups -OCH3 is 1. The number of aromatic nitrogens is 1. The summed E-state index contributed by atoms with van der Waals surface area (Å²) in [6.07, 6.45) is 1.85. The Labute approximate surface area is 91.5 Å². The van der Waals surface area contributed by atoms with E-state index in [2.05, 4.69) is 9.72 Å². The Bertz CT molecular complexity index is 489. The van der Waals surface area contributed by atoms with E-state index in [4.69, 9.17) is 0 Å². The van der Waals surface area contributed by atoms with Crippen LogP contribution in [0, 0.1) is 5.82 Å². The van der Waals surface area contributed by atoms with Gasteiger partial charge in [0.2, 0.25) is 10.0 Å². The molecule has 0 aliphatic carbocycles. The maximum Gasteiger partial charge on any atom is 0.320 e. The van der Waals surface area contributed by atoms with Crippen molar-refractivity contribution in [3.05, 3.63) is 24.3 Å². The summed E-state index contributed by atoms with van der Waals surface area (Å²) in [7, 11) is -2.82. The zero-order chi connectivity index (χ0) is 12.2. The lowest BCUT2D eigenvalue weighted by Gasteiger charge is -2.04. The number of nitrogens with one attached hydrogen (secondary N) is 1. The van der Waals surface area contributed by atoms with Gasteiger partial charge in [-0.15, -0.1) is 0 Å². The van der Waals surface area contributed by atoms with Crippen molar-refractivity contribution < 1.29 is 22.3 Å². The minimum absolute atomic E-state index is 0.351. The molecule has 6 nitrogen and oxygen atoms in total. The molecule has 1 aromatic rings. The number of nitrogens with zero attached hydrogens (tertiary/aromatic N) is 1. The first kappa shape index (κ1) is 12.5. The third-order valence-corrected chi connectivity index (χ3v) is 2.99. The molecule has 0 atom stereocenters. The number of esters is 1. The third-order valence-electron chi connectivity index (χ3n) is 1.62. The molecule has 8 heteroatoms. The zero-order valence-electron chi connectivity index (χ0n) is 8.31. The van der Waals surface area contributed by atoms with Gasteiger partial charge in [-0.25, -0.2) is 12.8 Å². The fraction of sp³-hybridized carbons (Fsp3) is 0.250. The van der Waals surface area contributed by atoms with Crippen molar-refractivity contribution in [1.29, 1.82) is 0 Å². The number of ether oxygens (including phenoxy) is 1. The molecule has 0 saturated carbocycles. The van der Waals surface area contributed by atoms with Crippen LogP contribution in [0.1, 0.15) is 0 Å². The van der Waals surface area contributed by atoms with Crippen molar-refractivity contribution in [3.8, 4) is 0 Å². The number of hydrogen-bond acceptors (Lipinski definition) is 5. The Balaban J connectivity index is 2.82. The number of carbonyl (C=O) groups excluding carboxylic acids is 1. The normalized spacial score (nSPS) is 11.1. The van der Waals surface area contributed by atoms with E-state index < -0.39 is 28.4 Å². The van der Waals surface area contributed by atoms with Gasteiger partial charge in [0.15, 0.2) is 0 Å². The van der Waals surface area contributed by atoms with Crippen molar-refractivity contribution >= 4 is 16.0 Å². The maximum absolute atomic E-state index is 12.7. The topological polar surface area (TPSA) is 85.4 Å². The predicted molar refractivity (Wildman–Crippen MR) is 51.4 cm³/mol. The van der Waals surface area contributed by atoms with E-state index in [0.717, 1.165) is 25.6 Å². The molecule has 0 spiro atoms. The molecule has 0 bridgehead atoms. The lowest BCUT2D eigenvalue weighted by molar-refractivity contribution is -0.139. The first-order valence-corrected chi connectivity index (χ1v) is 5.61. The minimum Gasteiger partial charge on any atom is -0.468 e. The van der Waals surface area contributed by atoms with E-state index in [1.54, 1.807) is 0 Å². The largest absolute Gasteiger partial charge is 0.468 e. The number of hydrogen-bond donors (Lipinski definition) is 1. The van der Waals surface area contributed by atoms with Crippen molar-refractivity contribution in [3.63, 3.8) is 0 Å². The van der Waals surface area contributed by atoms with Crippen LogP contribution in [0.5, 0.6) is 0 Å². The standard InChI is InChI=1S/C8H9FN2O4S/c1-15-8(12)5-11-16(13,14)7-2-6(9)3-10-4-7/h2-4,11H,5H2,1H3. The first-order chi connectivity index (χ1) is 7.45. The Kier molecular flexibility index (Phi) is 3.91. The van der Waals surface area contributed by atoms with Gasteiger partial charge in [0.25, 0.3) is 0 Å². The molecule has 0 aliphatic heterocycles. The van der Waals surface area contributed by atoms with Gasteiger partial charge < -0.3 is 4.74 Å². The Morgan fingerprint density at radius 1 is 1.56 bits per heavy atom. The third kappa shape index (κ3) is 3.24. The van der Waals surface area contributed by atoms with Crippen molar-refractivity contribution in [2.45, 2.75) is 4.90 Å². The van der Waals surface area contributed by atoms with E-state index in [1.807, 2.05) is 4.72 Å². The highest BCUT2D eigenvalue weighted by Crippen LogP contribution is 2.07. The highest BCUT2D eigenvalue weighted by molar-refractivity contribution is 7.89. The van der Waals surface area contributed by atoms with Crippen LogP contribution in [-0.2, 0) is 19.6 Å². The van der Waals surface area contributed by atoms with Crippen molar-refractivity contribution in [2.75, 3.05) is 13.7 Å². The summed E-state index contributed by atoms with van der Waals surface area (Å²) < 4.78 is 41.9. The van der Waals surface area contributed by atoms with Crippen LogP contribution in [0.4, 0.5) is 4.39 Å². The van der Waals surface area contributed by atoms with Gasteiger partial charge >= 0.3 is 5.97 Å². The number of rotatable bonds is 4. The quantitative estimate of drug-likeness (QED) is 0.737. The van der Waals surface area contributed by atoms with E-state index >= 15 is 0 Å². The second-order valence-corrected chi connectivity index (χ2v) is 4.51. The van der Waals surface area contributed by atoms with Crippen molar-refractivity contribution in [2.24, 2.45) is 0 Å². The van der Waals surface area contributed by atoms with Gasteiger partial charge in [-0.3, -0.25) is 9.78 Å². The maximum atomic E-state index is 12.7. The number of pyridine rings is 1. The molecule has 0 radical (unpaired) electrons. The van der Waals surface area contributed by atoms with Gasteiger partial charge in [0.1, 0.15) is 17.3 Å². The highest BCUT2D eigenvalue weighted by Gasteiger charge is 2.16. The molecular weight excluding hydrogens is 239 g/mol. The second-order valence-electron chi connectivity index (χ2n) is 2.74. The zero-order valence-corrected chi connectivity index (χ0v) is 9.12. The van der Waals surface area contributed by atoms with Crippen LogP contribution in [0.15, 0.2) is 23.4 Å². The van der Waals surface area contributed by atoms with Crippen LogP contribution in [0.3, 0.4) is 0 Å². The molecule has 0 unspecified atom stereocenters. The van der Waals surface area contributed by atoms with Gasteiger partial charge in [-0.2, -0.15) is 4.72 Å². The molecule has 0 aliphatic rings. The average molecular weight is 248 g/mol. The number of sulfonamides is 1. The van der Waals surface area contributed by atoms with Crippen LogP contribution < -0.4 is 4.72 Å². The summed E-state index contributed by atoms with van der Waals surface area (Å²) in [5, 5.41) is 0. The fourth-order valence-corrected chi connectivity index (χ4v) is 1.79. The first-order valence-electron chi connectivity index (χ1n) is 4.13. The molecule has 0 aromatic carbocycles. The van der Waals surface area contributed by atoms with Crippen molar-refractivity contribution in [1.82, 2.24) is 9.71 Å². The van der Waals surface area contributed by atoms with E-state index in [9.17, 15) is 17.6 Å². The van der Waals surface area contributed by atoms with Gasteiger partial charge in [-0.1, -0.05) is 0 Å². The summed E-state index contributed by atoms with van der Waals surface area (Å²) in [6, 6.07) is 0.798. The molecule has 16 heavy (non-hydrogen) atoms. The highest BCUT2D eigenvalue weighted by atomic mass is 32.2. The summed E-state index contributed by atoms with van der Waals surface area (Å²) in [5.74, 6) is -1.52. The molecule has 0 saturated heterocycles. The van der Waals surface area contributed by atoms with E-state index in [1.165, 1.54) is 0 Å². The van der Waals surface area contributed by atoms with E-state index in [0.29, 0.717) is 0 Å². The molecule has 88 valence electrons. The lowest BCUT2D eigenvalue weighted by atomic mass is 10.5.